The average Bonchev–Trinajstić information content (AvgIpc) is 2.11. The van der Waals surface area contributed by atoms with Crippen LogP contribution in [0, 0.1) is 0 Å². The first-order chi connectivity index (χ1) is 6.07. The highest BCUT2D eigenvalue weighted by atomic mass is 31.1. The molecule has 0 fully saturated rings. The maximum Gasteiger partial charge on any atom is 0.333 e. The molecule has 0 aliphatic heterocycles. The van der Waals surface area contributed by atoms with Crippen molar-refractivity contribution in [2.24, 2.45) is 0 Å². The molecule has 1 atom stereocenters. The van der Waals surface area contributed by atoms with Crippen molar-refractivity contribution in [3.05, 3.63) is 12.2 Å². The van der Waals surface area contributed by atoms with Crippen LogP contribution < -0.4 is 0 Å². The van der Waals surface area contributed by atoms with E-state index in [0.717, 1.165) is 0 Å². The van der Waals surface area contributed by atoms with Crippen LogP contribution in [0.1, 0.15) is 6.92 Å². The second-order valence-corrected chi connectivity index (χ2v) is 3.42. The predicted octanol–water partition coefficient (Wildman–Crippen LogP) is 1.16. The van der Waals surface area contributed by atoms with E-state index in [2.05, 4.69) is 20.4 Å². The van der Waals surface area contributed by atoms with Crippen molar-refractivity contribution in [2.45, 2.75) is 6.92 Å². The lowest BCUT2D eigenvalue weighted by atomic mass is 10.4. The summed E-state index contributed by atoms with van der Waals surface area (Å²) >= 11 is 0. The van der Waals surface area contributed by atoms with Crippen molar-refractivity contribution in [1.29, 1.82) is 0 Å². The van der Waals surface area contributed by atoms with Crippen LogP contribution in [0.15, 0.2) is 12.2 Å². The second-order valence-electron chi connectivity index (χ2n) is 2.22. The zero-order chi connectivity index (χ0) is 10.3. The molecule has 0 radical (unpaired) electrons. The number of carbonyl (C=O) groups excluding carboxylic acids is 1. The van der Waals surface area contributed by atoms with E-state index in [1.54, 1.807) is 6.92 Å². The maximum absolute atomic E-state index is 10.8. The van der Waals surface area contributed by atoms with E-state index in [9.17, 15) is 9.36 Å². The smallest absolute Gasteiger partial charge is 0.333 e. The monoisotopic (exact) mass is 208 g/mol. The van der Waals surface area contributed by atoms with Crippen LogP contribution in [-0.2, 0) is 23.1 Å². The van der Waals surface area contributed by atoms with Gasteiger partial charge in [-0.1, -0.05) is 6.58 Å². The SMILES string of the molecule is C=C(C)C(=O)OCCO[PH](=O)OC. The van der Waals surface area contributed by atoms with E-state index in [1.807, 2.05) is 0 Å². The molecule has 0 N–H and O–H groups in total. The highest BCUT2D eigenvalue weighted by molar-refractivity contribution is 7.33. The Kier molecular flexibility index (Phi) is 6.49. The topological polar surface area (TPSA) is 61.8 Å². The van der Waals surface area contributed by atoms with Crippen LogP contribution in [0.4, 0.5) is 0 Å². The van der Waals surface area contributed by atoms with Crippen molar-refractivity contribution in [3.8, 4) is 0 Å². The Morgan fingerprint density at radius 3 is 2.54 bits per heavy atom. The summed E-state index contributed by atoms with van der Waals surface area (Å²) in [4.78, 5) is 10.8. The largest absolute Gasteiger partial charge is 0.460 e. The summed E-state index contributed by atoms with van der Waals surface area (Å²) < 4.78 is 24.2. The lowest BCUT2D eigenvalue weighted by Gasteiger charge is -2.04. The molecule has 0 aromatic heterocycles. The fraction of sp³-hybridized carbons (Fsp3) is 0.571. The number of hydrogen-bond donors (Lipinski definition) is 0. The molecule has 6 heteroatoms. The highest BCUT2D eigenvalue weighted by Gasteiger charge is 2.02. The van der Waals surface area contributed by atoms with Crippen LogP contribution >= 0.6 is 8.25 Å². The quantitative estimate of drug-likeness (QED) is 0.283. The molecular weight excluding hydrogens is 195 g/mol. The summed E-state index contributed by atoms with van der Waals surface area (Å²) in [7, 11) is -1.13. The molecule has 0 rings (SSSR count). The van der Waals surface area contributed by atoms with Gasteiger partial charge in [-0.05, 0) is 6.92 Å². The molecule has 1 unspecified atom stereocenters. The van der Waals surface area contributed by atoms with Crippen LogP contribution in [0.2, 0.25) is 0 Å². The predicted molar refractivity (Wildman–Crippen MR) is 47.7 cm³/mol. The zero-order valence-electron chi connectivity index (χ0n) is 7.66. The van der Waals surface area contributed by atoms with Gasteiger partial charge in [0, 0.05) is 12.7 Å². The highest BCUT2D eigenvalue weighted by Crippen LogP contribution is 2.20. The lowest BCUT2D eigenvalue weighted by molar-refractivity contribution is -0.139. The summed E-state index contributed by atoms with van der Waals surface area (Å²) in [6.45, 7) is 5.04. The van der Waals surface area contributed by atoms with Crippen molar-refractivity contribution in [2.75, 3.05) is 20.3 Å². The third-order valence-electron chi connectivity index (χ3n) is 1.05. The van der Waals surface area contributed by atoms with Crippen molar-refractivity contribution in [3.63, 3.8) is 0 Å². The number of carbonyl (C=O) groups is 1. The summed E-state index contributed by atoms with van der Waals surface area (Å²) in [6, 6.07) is 0. The maximum atomic E-state index is 10.8. The van der Waals surface area contributed by atoms with Crippen LogP contribution in [0.5, 0.6) is 0 Å². The molecule has 0 spiro atoms. The summed E-state index contributed by atoms with van der Waals surface area (Å²) in [5, 5.41) is 0. The van der Waals surface area contributed by atoms with Gasteiger partial charge in [0.2, 0.25) is 0 Å². The Labute approximate surface area is 77.6 Å². The molecule has 0 amide bonds. The van der Waals surface area contributed by atoms with Gasteiger partial charge in [0.05, 0.1) is 6.61 Å². The Morgan fingerprint density at radius 2 is 2.08 bits per heavy atom. The number of rotatable bonds is 6. The van der Waals surface area contributed by atoms with E-state index < -0.39 is 14.2 Å². The van der Waals surface area contributed by atoms with E-state index in [1.165, 1.54) is 7.11 Å². The minimum absolute atomic E-state index is 0.0471. The third-order valence-corrected chi connectivity index (χ3v) is 1.82. The molecule has 0 saturated heterocycles. The first-order valence-electron chi connectivity index (χ1n) is 3.61. The van der Waals surface area contributed by atoms with Crippen LogP contribution in [0.3, 0.4) is 0 Å². The normalized spacial score (nSPS) is 12.2. The third kappa shape index (κ3) is 6.51. The van der Waals surface area contributed by atoms with Crippen LogP contribution in [0.25, 0.3) is 0 Å². The molecule has 0 aliphatic carbocycles. The average molecular weight is 208 g/mol. The Hall–Kier alpha value is -0.640. The summed E-state index contributed by atoms with van der Waals surface area (Å²) in [5.74, 6) is -0.485. The first kappa shape index (κ1) is 12.4. The van der Waals surface area contributed by atoms with Gasteiger partial charge >= 0.3 is 14.2 Å². The van der Waals surface area contributed by atoms with E-state index in [0.29, 0.717) is 5.57 Å². The Bertz CT molecular complexity index is 213. The molecule has 76 valence electrons. The van der Waals surface area contributed by atoms with Gasteiger partial charge in [-0.15, -0.1) is 0 Å². The minimum atomic E-state index is -2.41. The Balaban J connectivity index is 3.41. The zero-order valence-corrected chi connectivity index (χ0v) is 8.66. The molecule has 0 aromatic carbocycles. The van der Waals surface area contributed by atoms with Gasteiger partial charge in [-0.3, -0.25) is 4.57 Å². The van der Waals surface area contributed by atoms with E-state index in [4.69, 9.17) is 0 Å². The molecule has 5 nitrogen and oxygen atoms in total. The number of ether oxygens (including phenoxy) is 1. The van der Waals surface area contributed by atoms with Gasteiger partial charge < -0.3 is 13.8 Å². The fourth-order valence-corrected chi connectivity index (χ4v) is 0.809. The van der Waals surface area contributed by atoms with Crippen molar-refractivity contribution in [1.82, 2.24) is 0 Å². The van der Waals surface area contributed by atoms with Crippen LogP contribution in [-0.4, -0.2) is 26.3 Å². The van der Waals surface area contributed by atoms with E-state index >= 15 is 0 Å². The van der Waals surface area contributed by atoms with Crippen molar-refractivity contribution < 1.29 is 23.1 Å². The van der Waals surface area contributed by atoms with E-state index in [-0.39, 0.29) is 13.2 Å². The lowest BCUT2D eigenvalue weighted by Crippen LogP contribution is -2.09. The number of hydrogen-bond acceptors (Lipinski definition) is 5. The van der Waals surface area contributed by atoms with Gasteiger partial charge in [0.25, 0.3) is 0 Å². The molecular formula is C7H13O5P. The fourth-order valence-electron chi connectivity index (χ4n) is 0.441. The summed E-state index contributed by atoms with van der Waals surface area (Å²) in [6.07, 6.45) is 0. The molecule has 0 saturated carbocycles. The van der Waals surface area contributed by atoms with Crippen molar-refractivity contribution >= 4 is 14.2 Å². The molecule has 13 heavy (non-hydrogen) atoms. The summed E-state index contributed by atoms with van der Waals surface area (Å²) in [5.41, 5.74) is 0.319. The molecule has 0 aromatic rings. The molecule has 0 aliphatic rings. The second kappa shape index (κ2) is 6.83. The first-order valence-corrected chi connectivity index (χ1v) is 4.83. The molecule has 0 heterocycles. The standard InChI is InChI=1S/C7H13O5P/c1-6(2)7(8)11-4-5-12-13(9)10-3/h13H,1,4-5H2,2-3H3. The van der Waals surface area contributed by atoms with Gasteiger partial charge in [-0.25, -0.2) is 4.79 Å². The van der Waals surface area contributed by atoms with Gasteiger partial charge in [0.1, 0.15) is 6.61 Å². The van der Waals surface area contributed by atoms with Gasteiger partial charge in [-0.2, -0.15) is 0 Å². The Morgan fingerprint density at radius 1 is 1.46 bits per heavy atom. The van der Waals surface area contributed by atoms with Gasteiger partial charge in [0.15, 0.2) is 0 Å². The molecule has 0 bridgehead atoms. The number of esters is 1. The minimum Gasteiger partial charge on any atom is -0.460 e.